The van der Waals surface area contributed by atoms with E-state index in [1.165, 1.54) is 5.56 Å². The highest BCUT2D eigenvalue weighted by atomic mass is 35.5. The quantitative estimate of drug-likeness (QED) is 0.867. The standard InChI is InChI=1S/C12H13N3.ClH/c13-12-6-11(12)9-7-14-15(8-9)10-4-2-1-3-5-10;/h1-5,7-8,11-12H,6,13H2;1H/t11-,12+;/m0./s1. The minimum Gasteiger partial charge on any atom is -0.327 e. The number of rotatable bonds is 2. The Hall–Kier alpha value is -1.32. The van der Waals surface area contributed by atoms with Crippen LogP contribution in [0.2, 0.25) is 0 Å². The van der Waals surface area contributed by atoms with Crippen molar-refractivity contribution in [3.8, 4) is 5.69 Å². The third-order valence-electron chi connectivity index (χ3n) is 2.89. The van der Waals surface area contributed by atoms with Crippen LogP contribution in [0, 0.1) is 0 Å². The van der Waals surface area contributed by atoms with Crippen LogP contribution in [0.5, 0.6) is 0 Å². The first-order valence-electron chi connectivity index (χ1n) is 5.20. The molecule has 1 saturated carbocycles. The first kappa shape index (κ1) is 11.2. The summed E-state index contributed by atoms with van der Waals surface area (Å²) in [7, 11) is 0. The number of nitrogens with zero attached hydrogens (tertiary/aromatic N) is 2. The summed E-state index contributed by atoms with van der Waals surface area (Å²) in [5.74, 6) is 0.530. The molecule has 2 N–H and O–H groups in total. The summed E-state index contributed by atoms with van der Waals surface area (Å²) in [4.78, 5) is 0. The Balaban J connectivity index is 0.000000963. The largest absolute Gasteiger partial charge is 0.327 e. The van der Waals surface area contributed by atoms with Gasteiger partial charge < -0.3 is 5.73 Å². The molecule has 84 valence electrons. The normalized spacial score (nSPS) is 22.6. The molecule has 1 fully saturated rings. The highest BCUT2D eigenvalue weighted by Crippen LogP contribution is 2.38. The molecule has 4 heteroatoms. The van der Waals surface area contributed by atoms with Crippen LogP contribution < -0.4 is 5.73 Å². The number of para-hydroxylation sites is 1. The van der Waals surface area contributed by atoms with Gasteiger partial charge in [-0.1, -0.05) is 18.2 Å². The van der Waals surface area contributed by atoms with E-state index in [9.17, 15) is 0 Å². The van der Waals surface area contributed by atoms with E-state index in [0.717, 1.165) is 12.1 Å². The van der Waals surface area contributed by atoms with Crippen LogP contribution in [0.1, 0.15) is 17.9 Å². The van der Waals surface area contributed by atoms with Gasteiger partial charge in [-0.3, -0.25) is 0 Å². The predicted molar refractivity (Wildman–Crippen MR) is 66.1 cm³/mol. The first-order chi connectivity index (χ1) is 7.34. The summed E-state index contributed by atoms with van der Waals surface area (Å²) in [6.45, 7) is 0. The fourth-order valence-corrected chi connectivity index (χ4v) is 1.85. The average molecular weight is 236 g/mol. The van der Waals surface area contributed by atoms with Crippen LogP contribution in [-0.2, 0) is 0 Å². The second kappa shape index (κ2) is 4.28. The first-order valence-corrected chi connectivity index (χ1v) is 5.20. The molecule has 0 saturated heterocycles. The van der Waals surface area contributed by atoms with E-state index in [0.29, 0.717) is 12.0 Å². The number of benzene rings is 1. The zero-order valence-corrected chi connectivity index (χ0v) is 9.60. The van der Waals surface area contributed by atoms with Crippen molar-refractivity contribution in [1.29, 1.82) is 0 Å². The van der Waals surface area contributed by atoms with E-state index in [-0.39, 0.29) is 12.4 Å². The molecule has 0 unspecified atom stereocenters. The molecule has 16 heavy (non-hydrogen) atoms. The van der Waals surface area contributed by atoms with Crippen LogP contribution in [0.3, 0.4) is 0 Å². The van der Waals surface area contributed by atoms with Crippen molar-refractivity contribution in [2.75, 3.05) is 0 Å². The maximum atomic E-state index is 5.81. The molecule has 2 aromatic rings. The zero-order valence-electron chi connectivity index (χ0n) is 8.78. The van der Waals surface area contributed by atoms with E-state index < -0.39 is 0 Å². The van der Waals surface area contributed by atoms with Gasteiger partial charge in [0, 0.05) is 18.2 Å². The van der Waals surface area contributed by atoms with Crippen LogP contribution in [-0.4, -0.2) is 15.8 Å². The van der Waals surface area contributed by atoms with E-state index in [1.54, 1.807) is 0 Å². The topological polar surface area (TPSA) is 43.8 Å². The minimum absolute atomic E-state index is 0. The SMILES string of the molecule is Cl.N[C@@H]1C[C@H]1c1cnn(-c2ccccc2)c1. The second-order valence-corrected chi connectivity index (χ2v) is 4.06. The van der Waals surface area contributed by atoms with Gasteiger partial charge in [-0.05, 0) is 24.1 Å². The van der Waals surface area contributed by atoms with E-state index in [2.05, 4.69) is 11.3 Å². The maximum absolute atomic E-state index is 5.81. The fourth-order valence-electron chi connectivity index (χ4n) is 1.85. The van der Waals surface area contributed by atoms with Crippen molar-refractivity contribution in [2.45, 2.75) is 18.4 Å². The third kappa shape index (κ3) is 1.96. The molecule has 0 spiro atoms. The fraction of sp³-hybridized carbons (Fsp3) is 0.250. The van der Waals surface area contributed by atoms with Crippen molar-refractivity contribution in [2.24, 2.45) is 5.73 Å². The summed E-state index contributed by atoms with van der Waals surface area (Å²) in [5, 5.41) is 4.34. The van der Waals surface area contributed by atoms with Gasteiger partial charge in [0.15, 0.2) is 0 Å². The Kier molecular flexibility index (Phi) is 2.99. The van der Waals surface area contributed by atoms with Gasteiger partial charge in [0.25, 0.3) is 0 Å². The highest BCUT2D eigenvalue weighted by molar-refractivity contribution is 5.85. The molecule has 3 rings (SSSR count). The lowest BCUT2D eigenvalue weighted by Crippen LogP contribution is -2.00. The molecule has 2 atom stereocenters. The lowest BCUT2D eigenvalue weighted by molar-refractivity contribution is 0.879. The monoisotopic (exact) mass is 235 g/mol. The number of hydrogen-bond acceptors (Lipinski definition) is 2. The van der Waals surface area contributed by atoms with Crippen LogP contribution in [0.15, 0.2) is 42.7 Å². The molecule has 1 aliphatic carbocycles. The van der Waals surface area contributed by atoms with Gasteiger partial charge >= 0.3 is 0 Å². The Morgan fingerprint density at radius 2 is 1.94 bits per heavy atom. The molecular formula is C12H14ClN3. The summed E-state index contributed by atoms with van der Waals surface area (Å²) in [6.07, 6.45) is 5.10. The Morgan fingerprint density at radius 1 is 1.25 bits per heavy atom. The molecule has 0 bridgehead atoms. The van der Waals surface area contributed by atoms with Crippen molar-refractivity contribution >= 4 is 12.4 Å². The number of hydrogen-bond donors (Lipinski definition) is 1. The van der Waals surface area contributed by atoms with Crippen molar-refractivity contribution in [3.05, 3.63) is 48.3 Å². The summed E-state index contributed by atoms with van der Waals surface area (Å²) < 4.78 is 1.90. The summed E-state index contributed by atoms with van der Waals surface area (Å²) >= 11 is 0. The third-order valence-corrected chi connectivity index (χ3v) is 2.89. The smallest absolute Gasteiger partial charge is 0.0645 e. The average Bonchev–Trinajstić information content (AvgIpc) is 2.83. The van der Waals surface area contributed by atoms with Gasteiger partial charge in [0.2, 0.25) is 0 Å². The summed E-state index contributed by atoms with van der Waals surface area (Å²) in [5.41, 5.74) is 8.16. The maximum Gasteiger partial charge on any atom is 0.0645 e. The molecule has 1 heterocycles. The van der Waals surface area contributed by atoms with E-state index in [4.69, 9.17) is 5.73 Å². The number of nitrogens with two attached hydrogens (primary N) is 1. The molecule has 0 amide bonds. The molecule has 0 radical (unpaired) electrons. The molecule has 1 aromatic heterocycles. The van der Waals surface area contributed by atoms with Crippen molar-refractivity contribution < 1.29 is 0 Å². The molecule has 1 aliphatic rings. The molecule has 0 aliphatic heterocycles. The number of halogens is 1. The number of aromatic nitrogens is 2. The highest BCUT2D eigenvalue weighted by Gasteiger charge is 2.35. The zero-order chi connectivity index (χ0) is 10.3. The minimum atomic E-state index is 0. The molecular weight excluding hydrogens is 222 g/mol. The van der Waals surface area contributed by atoms with Gasteiger partial charge in [0.1, 0.15) is 0 Å². The summed E-state index contributed by atoms with van der Waals surface area (Å²) in [6, 6.07) is 10.5. The van der Waals surface area contributed by atoms with Crippen LogP contribution >= 0.6 is 12.4 Å². The lowest BCUT2D eigenvalue weighted by Gasteiger charge is -1.98. The van der Waals surface area contributed by atoms with Gasteiger partial charge in [0.05, 0.1) is 11.9 Å². The Labute approximate surface area is 101 Å². The van der Waals surface area contributed by atoms with Gasteiger partial charge in [-0.25, -0.2) is 4.68 Å². The molecule has 3 nitrogen and oxygen atoms in total. The lowest BCUT2D eigenvalue weighted by atomic mass is 10.2. The van der Waals surface area contributed by atoms with Gasteiger partial charge in [-0.2, -0.15) is 5.10 Å². The van der Waals surface area contributed by atoms with Crippen molar-refractivity contribution in [3.63, 3.8) is 0 Å². The Bertz CT molecular complexity index is 466. The van der Waals surface area contributed by atoms with Crippen LogP contribution in [0.4, 0.5) is 0 Å². The van der Waals surface area contributed by atoms with E-state index in [1.807, 2.05) is 41.2 Å². The van der Waals surface area contributed by atoms with Crippen LogP contribution in [0.25, 0.3) is 5.69 Å². The predicted octanol–water partition coefficient (Wildman–Crippen LogP) is 2.11. The van der Waals surface area contributed by atoms with Gasteiger partial charge in [-0.15, -0.1) is 12.4 Å². The second-order valence-electron chi connectivity index (χ2n) is 4.06. The Morgan fingerprint density at radius 3 is 2.56 bits per heavy atom. The molecule has 1 aromatic carbocycles. The van der Waals surface area contributed by atoms with Crippen molar-refractivity contribution in [1.82, 2.24) is 9.78 Å². The van der Waals surface area contributed by atoms with E-state index >= 15 is 0 Å².